The molecule has 8 heteroatoms. The van der Waals surface area contributed by atoms with Crippen molar-refractivity contribution in [1.29, 1.82) is 0 Å². The molecule has 0 atom stereocenters. The Balaban J connectivity index is 1.76. The van der Waals surface area contributed by atoms with Crippen LogP contribution in [0.3, 0.4) is 0 Å². The minimum Gasteiger partial charge on any atom is -0.462 e. The maximum Gasteiger partial charge on any atom is 0.350 e. The molecule has 0 aliphatic rings. The minimum atomic E-state index is -0.448. The van der Waals surface area contributed by atoms with Crippen molar-refractivity contribution in [2.24, 2.45) is 0 Å². The van der Waals surface area contributed by atoms with Gasteiger partial charge in [-0.05, 0) is 38.8 Å². The molecule has 0 fully saturated rings. The smallest absolute Gasteiger partial charge is 0.350 e. The molecule has 0 radical (unpaired) electrons. The zero-order valence-electron chi connectivity index (χ0n) is 16.9. The van der Waals surface area contributed by atoms with Crippen molar-refractivity contribution in [3.63, 3.8) is 0 Å². The summed E-state index contributed by atoms with van der Waals surface area (Å²) < 4.78 is 6.62. The monoisotopic (exact) mass is 413 g/mol. The lowest BCUT2D eigenvalue weighted by atomic mass is 10.1. The second kappa shape index (κ2) is 8.57. The van der Waals surface area contributed by atoms with Crippen LogP contribution in [0.4, 0.5) is 5.13 Å². The predicted octanol–water partition coefficient (Wildman–Crippen LogP) is 3.59. The van der Waals surface area contributed by atoms with E-state index in [1.54, 1.807) is 24.5 Å². The molecule has 1 aromatic carbocycles. The second-order valence-corrected chi connectivity index (χ2v) is 7.74. The minimum absolute atomic E-state index is 0.111. The molecular formula is C21H23N3O4S. The molecule has 7 nitrogen and oxygen atoms in total. The molecule has 29 heavy (non-hydrogen) atoms. The van der Waals surface area contributed by atoms with Crippen LogP contribution in [0.25, 0.3) is 10.9 Å². The van der Waals surface area contributed by atoms with Crippen LogP contribution >= 0.6 is 11.3 Å². The zero-order chi connectivity index (χ0) is 21.1. The molecule has 0 aliphatic heterocycles. The van der Waals surface area contributed by atoms with E-state index in [0.29, 0.717) is 15.7 Å². The number of carbonyl (C=O) groups is 2. The van der Waals surface area contributed by atoms with Crippen LogP contribution in [-0.2, 0) is 16.1 Å². The first-order valence-electron chi connectivity index (χ1n) is 9.36. The Morgan fingerprint density at radius 2 is 1.97 bits per heavy atom. The predicted molar refractivity (Wildman–Crippen MR) is 114 cm³/mol. The van der Waals surface area contributed by atoms with Crippen molar-refractivity contribution in [3.05, 3.63) is 56.3 Å². The molecule has 3 aromatic rings. The molecule has 2 aromatic heterocycles. The van der Waals surface area contributed by atoms with Crippen LogP contribution in [-0.4, -0.2) is 28.0 Å². The molecule has 1 amide bonds. The Bertz CT molecular complexity index is 1150. The first kappa shape index (κ1) is 20.7. The third-order valence-electron chi connectivity index (χ3n) is 4.60. The van der Waals surface area contributed by atoms with E-state index in [0.717, 1.165) is 33.4 Å². The first-order chi connectivity index (χ1) is 13.8. The zero-order valence-corrected chi connectivity index (χ0v) is 17.7. The summed E-state index contributed by atoms with van der Waals surface area (Å²) in [5, 5.41) is 4.05. The van der Waals surface area contributed by atoms with Gasteiger partial charge in [0.05, 0.1) is 17.8 Å². The molecule has 2 heterocycles. The summed E-state index contributed by atoms with van der Waals surface area (Å²) in [6.45, 7) is 7.81. The van der Waals surface area contributed by atoms with Gasteiger partial charge in [-0.3, -0.25) is 9.59 Å². The van der Waals surface area contributed by atoms with E-state index >= 15 is 0 Å². The fourth-order valence-electron chi connectivity index (χ4n) is 3.24. The van der Waals surface area contributed by atoms with Gasteiger partial charge in [-0.15, -0.1) is 0 Å². The van der Waals surface area contributed by atoms with Crippen molar-refractivity contribution < 1.29 is 14.3 Å². The highest BCUT2D eigenvalue weighted by atomic mass is 32.1. The average Bonchev–Trinajstić information content (AvgIpc) is 3.02. The Hall–Kier alpha value is -3.00. The number of carbonyl (C=O) groups excluding carboxylic acids is 2. The normalized spacial score (nSPS) is 10.9. The number of hydrogen-bond acceptors (Lipinski definition) is 6. The molecule has 152 valence electrons. The summed E-state index contributed by atoms with van der Waals surface area (Å²) in [6.07, 6.45) is 0.111. The van der Waals surface area contributed by atoms with Crippen molar-refractivity contribution in [2.45, 2.75) is 40.7 Å². The number of nitrogens with zero attached hydrogens (tertiary/aromatic N) is 2. The van der Waals surface area contributed by atoms with E-state index < -0.39 is 5.97 Å². The first-order valence-corrected chi connectivity index (χ1v) is 10.2. The van der Waals surface area contributed by atoms with E-state index in [-0.39, 0.29) is 31.0 Å². The standard InChI is InChI=1S/C21H23N3O4S/c1-5-28-20(27)19-14(4)22-21(29-19)23-16(25)9-10-24-17(26)11-13(3)15-8-6-7-12(2)18(15)24/h6-8,11H,5,9-10H2,1-4H3,(H,22,23,25). The molecule has 1 N–H and O–H groups in total. The van der Waals surface area contributed by atoms with Gasteiger partial charge in [-0.25, -0.2) is 9.78 Å². The maximum atomic E-state index is 12.5. The number of hydrogen-bond donors (Lipinski definition) is 1. The highest BCUT2D eigenvalue weighted by molar-refractivity contribution is 7.17. The van der Waals surface area contributed by atoms with E-state index in [9.17, 15) is 14.4 Å². The third-order valence-corrected chi connectivity index (χ3v) is 5.66. The van der Waals surface area contributed by atoms with Gasteiger partial charge < -0.3 is 14.6 Å². The Morgan fingerprint density at radius 1 is 1.21 bits per heavy atom. The lowest BCUT2D eigenvalue weighted by Gasteiger charge is -2.14. The van der Waals surface area contributed by atoms with E-state index in [4.69, 9.17) is 4.74 Å². The number of aromatic nitrogens is 2. The topological polar surface area (TPSA) is 90.3 Å². The number of para-hydroxylation sites is 1. The fraction of sp³-hybridized carbons (Fsp3) is 0.333. The Morgan fingerprint density at radius 3 is 2.69 bits per heavy atom. The van der Waals surface area contributed by atoms with Gasteiger partial charge in [0, 0.05) is 24.4 Å². The fourth-order valence-corrected chi connectivity index (χ4v) is 4.12. The third kappa shape index (κ3) is 4.37. The van der Waals surface area contributed by atoms with Crippen LogP contribution < -0.4 is 10.9 Å². The van der Waals surface area contributed by atoms with Crippen LogP contribution in [0, 0.1) is 20.8 Å². The van der Waals surface area contributed by atoms with Gasteiger partial charge in [0.1, 0.15) is 4.88 Å². The quantitative estimate of drug-likeness (QED) is 0.624. The summed E-state index contributed by atoms with van der Waals surface area (Å²) in [5.74, 6) is -0.723. The summed E-state index contributed by atoms with van der Waals surface area (Å²) in [4.78, 5) is 41.4. The summed E-state index contributed by atoms with van der Waals surface area (Å²) in [7, 11) is 0. The highest BCUT2D eigenvalue weighted by Crippen LogP contribution is 2.24. The van der Waals surface area contributed by atoms with Gasteiger partial charge >= 0.3 is 5.97 Å². The molecule has 0 bridgehead atoms. The maximum absolute atomic E-state index is 12.5. The number of fused-ring (bicyclic) bond motifs is 1. The van der Waals surface area contributed by atoms with Crippen molar-refractivity contribution in [3.8, 4) is 0 Å². The lowest BCUT2D eigenvalue weighted by molar-refractivity contribution is -0.116. The van der Waals surface area contributed by atoms with Crippen LogP contribution in [0.2, 0.25) is 0 Å². The molecular weight excluding hydrogens is 390 g/mol. The summed E-state index contributed by atoms with van der Waals surface area (Å²) in [6, 6.07) is 7.48. The number of thiazole rings is 1. The number of pyridine rings is 1. The van der Waals surface area contributed by atoms with E-state index in [1.165, 1.54) is 0 Å². The summed E-state index contributed by atoms with van der Waals surface area (Å²) >= 11 is 1.08. The summed E-state index contributed by atoms with van der Waals surface area (Å²) in [5.41, 5.74) is 3.13. The molecule has 3 rings (SSSR count). The van der Waals surface area contributed by atoms with Crippen LogP contribution in [0.15, 0.2) is 29.1 Å². The molecule has 0 unspecified atom stereocenters. The molecule has 0 spiro atoms. The SMILES string of the molecule is CCOC(=O)c1sc(NC(=O)CCn2c(=O)cc(C)c3cccc(C)c32)nc1C. The van der Waals surface area contributed by atoms with Gasteiger partial charge in [-0.1, -0.05) is 29.5 Å². The van der Waals surface area contributed by atoms with Gasteiger partial charge in [0.25, 0.3) is 5.56 Å². The highest BCUT2D eigenvalue weighted by Gasteiger charge is 2.18. The molecule has 0 saturated heterocycles. The van der Waals surface area contributed by atoms with Crippen molar-refractivity contribution >= 4 is 39.2 Å². The number of anilines is 1. The Labute approximate surface area is 172 Å². The number of nitrogens with one attached hydrogen (secondary N) is 1. The number of benzene rings is 1. The largest absolute Gasteiger partial charge is 0.462 e. The number of esters is 1. The van der Waals surface area contributed by atoms with Crippen LogP contribution in [0.5, 0.6) is 0 Å². The molecule has 0 saturated carbocycles. The number of rotatable bonds is 6. The molecule has 0 aliphatic carbocycles. The number of ether oxygens (including phenoxy) is 1. The van der Waals surface area contributed by atoms with Crippen molar-refractivity contribution in [2.75, 3.05) is 11.9 Å². The van der Waals surface area contributed by atoms with Crippen LogP contribution in [0.1, 0.15) is 39.8 Å². The average molecular weight is 413 g/mol. The van der Waals surface area contributed by atoms with Gasteiger partial charge in [0.2, 0.25) is 5.91 Å². The Kier molecular flexibility index (Phi) is 6.12. The van der Waals surface area contributed by atoms with Gasteiger partial charge in [-0.2, -0.15) is 0 Å². The lowest BCUT2D eigenvalue weighted by Crippen LogP contribution is -2.24. The number of aryl methyl sites for hydroxylation is 4. The van der Waals surface area contributed by atoms with Gasteiger partial charge in [0.15, 0.2) is 5.13 Å². The van der Waals surface area contributed by atoms with Crippen molar-refractivity contribution in [1.82, 2.24) is 9.55 Å². The van der Waals surface area contributed by atoms with E-state index in [2.05, 4.69) is 10.3 Å². The number of amides is 1. The second-order valence-electron chi connectivity index (χ2n) is 6.74. The van der Waals surface area contributed by atoms with E-state index in [1.807, 2.05) is 32.0 Å².